The van der Waals surface area contributed by atoms with Crippen LogP contribution in [0.5, 0.6) is 0 Å². The van der Waals surface area contributed by atoms with Crippen LogP contribution in [-0.2, 0) is 0 Å². The molecule has 38 heavy (non-hydrogen) atoms. The van der Waals surface area contributed by atoms with Crippen molar-refractivity contribution in [2.75, 3.05) is 0 Å². The molecule has 4 aromatic carbocycles. The fourth-order valence-corrected chi connectivity index (χ4v) is 5.45. The zero-order valence-corrected chi connectivity index (χ0v) is 20.9. The van der Waals surface area contributed by atoms with Crippen molar-refractivity contribution >= 4 is 34.3 Å². The number of Topliss-reactive ketones (excluding diaryl/α,β-unsaturated/α-hetero) is 4. The molecule has 0 saturated heterocycles. The first-order valence-electron chi connectivity index (χ1n) is 12.4. The second-order valence-electron chi connectivity index (χ2n) is 9.54. The number of hydrogen-bond donors (Lipinski definition) is 0. The van der Waals surface area contributed by atoms with Crippen molar-refractivity contribution in [3.05, 3.63) is 153 Å². The summed E-state index contributed by atoms with van der Waals surface area (Å²) in [6.07, 6.45) is 0. The summed E-state index contributed by atoms with van der Waals surface area (Å²) in [6.45, 7) is 3.72. The highest BCUT2D eigenvalue weighted by Gasteiger charge is 2.42. The lowest BCUT2D eigenvalue weighted by Crippen LogP contribution is -2.29. The lowest BCUT2D eigenvalue weighted by molar-refractivity contribution is 0.0969. The molecule has 0 radical (unpaired) electrons. The van der Waals surface area contributed by atoms with E-state index in [1.807, 2.05) is 38.1 Å². The minimum absolute atomic E-state index is 0.0193. The number of fused-ring (bicyclic) bond motifs is 2. The normalized spacial score (nSPS) is 15.1. The van der Waals surface area contributed by atoms with E-state index < -0.39 is 11.6 Å². The lowest BCUT2D eigenvalue weighted by atomic mass is 9.71. The van der Waals surface area contributed by atoms with Gasteiger partial charge in [0.05, 0.1) is 0 Å². The highest BCUT2D eigenvalue weighted by atomic mass is 16.1. The summed E-state index contributed by atoms with van der Waals surface area (Å²) in [5, 5.41) is 0. The Morgan fingerprint density at radius 1 is 0.316 bits per heavy atom. The maximum atomic E-state index is 14.3. The fourth-order valence-electron chi connectivity index (χ4n) is 5.45. The van der Waals surface area contributed by atoms with Gasteiger partial charge in [-0.2, -0.15) is 0 Å². The van der Waals surface area contributed by atoms with E-state index in [0.717, 1.165) is 11.1 Å². The van der Waals surface area contributed by atoms with Crippen LogP contribution >= 0.6 is 0 Å². The fraction of sp³-hybridized carbons (Fsp3) is 0.0588. The van der Waals surface area contributed by atoms with Crippen LogP contribution in [0, 0.1) is 13.8 Å². The molecule has 0 amide bonds. The van der Waals surface area contributed by atoms with E-state index in [-0.39, 0.29) is 56.1 Å². The van der Waals surface area contributed by atoms with Crippen molar-refractivity contribution in [3.8, 4) is 0 Å². The van der Waals surface area contributed by atoms with Gasteiger partial charge in [-0.05, 0) is 36.1 Å². The summed E-state index contributed by atoms with van der Waals surface area (Å²) in [7, 11) is 0. The van der Waals surface area contributed by atoms with Crippen LogP contribution in [0.2, 0.25) is 0 Å². The second kappa shape index (κ2) is 8.86. The Morgan fingerprint density at radius 2 is 0.553 bits per heavy atom. The van der Waals surface area contributed by atoms with E-state index in [1.165, 1.54) is 0 Å². The molecule has 6 rings (SSSR count). The number of carbonyl (C=O) groups is 4. The molecule has 0 N–H and O–H groups in total. The average molecular weight is 495 g/mol. The molecule has 0 aromatic heterocycles. The van der Waals surface area contributed by atoms with Crippen molar-refractivity contribution in [2.45, 2.75) is 13.8 Å². The van der Waals surface area contributed by atoms with E-state index in [2.05, 4.69) is 0 Å². The molecule has 0 aliphatic heterocycles. The third-order valence-electron chi connectivity index (χ3n) is 7.32. The smallest absolute Gasteiger partial charge is 0.195 e. The van der Waals surface area contributed by atoms with Crippen LogP contribution in [0.15, 0.2) is 108 Å². The molecule has 0 fully saturated rings. The number of aryl methyl sites for hydroxylation is 2. The van der Waals surface area contributed by atoms with Crippen molar-refractivity contribution in [3.63, 3.8) is 0 Å². The summed E-state index contributed by atoms with van der Waals surface area (Å²) < 4.78 is 0. The molecule has 2 aliphatic rings. The topological polar surface area (TPSA) is 68.3 Å². The van der Waals surface area contributed by atoms with Crippen LogP contribution in [0.4, 0.5) is 0 Å². The molecule has 0 atom stereocenters. The third kappa shape index (κ3) is 3.38. The largest absolute Gasteiger partial charge is 0.289 e. The van der Waals surface area contributed by atoms with Crippen LogP contribution in [0.1, 0.15) is 63.7 Å². The van der Waals surface area contributed by atoms with Crippen LogP contribution in [-0.4, -0.2) is 23.1 Å². The maximum Gasteiger partial charge on any atom is 0.195 e. The molecule has 0 heterocycles. The van der Waals surface area contributed by atoms with Crippen LogP contribution in [0.3, 0.4) is 0 Å². The highest BCUT2D eigenvalue weighted by Crippen LogP contribution is 2.43. The molecule has 0 bridgehead atoms. The van der Waals surface area contributed by atoms with Gasteiger partial charge in [-0.1, -0.05) is 97.1 Å². The quantitative estimate of drug-likeness (QED) is 0.319. The predicted octanol–water partition coefficient (Wildman–Crippen LogP) is 6.67. The standard InChI is InChI=1S/C34H22O4/c1-19-11-3-5-13-21(19)27-29(33(37)25-17-9-7-15-23(25)31(27)35)30-28(22-14-6-4-12-20(22)2)32(36)24-16-8-10-18-26(24)34(30)38/h3-18H,1-2H3. The molecule has 2 aliphatic carbocycles. The number of hydrogen-bond acceptors (Lipinski definition) is 4. The third-order valence-corrected chi connectivity index (χ3v) is 7.32. The second-order valence-corrected chi connectivity index (χ2v) is 9.54. The Kier molecular flexibility index (Phi) is 5.46. The molecule has 0 saturated carbocycles. The first kappa shape index (κ1) is 23.4. The Bertz CT molecular complexity index is 1670. The number of benzene rings is 4. The minimum Gasteiger partial charge on any atom is -0.289 e. The maximum absolute atomic E-state index is 14.3. The molecule has 4 aromatic rings. The van der Waals surface area contributed by atoms with Gasteiger partial charge in [-0.15, -0.1) is 0 Å². The minimum atomic E-state index is -0.444. The molecule has 4 nitrogen and oxygen atoms in total. The van der Waals surface area contributed by atoms with Crippen molar-refractivity contribution in [1.29, 1.82) is 0 Å². The molecule has 0 unspecified atom stereocenters. The average Bonchev–Trinajstić information content (AvgIpc) is 2.94. The first-order valence-corrected chi connectivity index (χ1v) is 12.4. The van der Waals surface area contributed by atoms with Gasteiger partial charge in [-0.3, -0.25) is 19.2 Å². The van der Waals surface area contributed by atoms with E-state index >= 15 is 0 Å². The Hall–Kier alpha value is -4.96. The van der Waals surface area contributed by atoms with Gasteiger partial charge in [-0.25, -0.2) is 0 Å². The number of ketones is 4. The monoisotopic (exact) mass is 494 g/mol. The lowest BCUT2D eigenvalue weighted by Gasteiger charge is -2.28. The molecule has 182 valence electrons. The van der Waals surface area contributed by atoms with Gasteiger partial charge in [0, 0.05) is 44.5 Å². The van der Waals surface area contributed by atoms with Gasteiger partial charge in [0.25, 0.3) is 0 Å². The van der Waals surface area contributed by atoms with Crippen LogP contribution < -0.4 is 0 Å². The van der Waals surface area contributed by atoms with Gasteiger partial charge in [0.1, 0.15) is 0 Å². The Balaban J connectivity index is 1.80. The van der Waals surface area contributed by atoms with Gasteiger partial charge < -0.3 is 0 Å². The summed E-state index contributed by atoms with van der Waals surface area (Å²) in [4.78, 5) is 56.7. The SMILES string of the molecule is Cc1ccccc1C1=C(C2=C(c3ccccc3C)C(=O)c3ccccc3C2=O)C(=O)c2ccccc2C1=O. The summed E-state index contributed by atoms with van der Waals surface area (Å²) in [5.41, 5.74) is 3.96. The number of rotatable bonds is 3. The van der Waals surface area contributed by atoms with Gasteiger partial charge in [0.15, 0.2) is 23.1 Å². The summed E-state index contributed by atoms with van der Waals surface area (Å²) in [5.74, 6) is -1.58. The summed E-state index contributed by atoms with van der Waals surface area (Å²) >= 11 is 0. The molecular formula is C34H22O4. The summed E-state index contributed by atoms with van der Waals surface area (Å²) in [6, 6.07) is 27.9. The molecule has 0 spiro atoms. The van der Waals surface area contributed by atoms with Gasteiger partial charge >= 0.3 is 0 Å². The number of carbonyl (C=O) groups excluding carboxylic acids is 4. The predicted molar refractivity (Wildman–Crippen MR) is 146 cm³/mol. The Morgan fingerprint density at radius 3 is 0.842 bits per heavy atom. The zero-order chi connectivity index (χ0) is 26.6. The Labute approximate surface area is 220 Å². The number of allylic oxidation sites excluding steroid dienone is 4. The zero-order valence-electron chi connectivity index (χ0n) is 20.9. The van der Waals surface area contributed by atoms with Crippen molar-refractivity contribution in [2.24, 2.45) is 0 Å². The molecular weight excluding hydrogens is 472 g/mol. The van der Waals surface area contributed by atoms with Gasteiger partial charge in [0.2, 0.25) is 0 Å². The van der Waals surface area contributed by atoms with Crippen molar-refractivity contribution < 1.29 is 19.2 Å². The van der Waals surface area contributed by atoms with E-state index in [9.17, 15) is 19.2 Å². The van der Waals surface area contributed by atoms with E-state index in [0.29, 0.717) is 11.1 Å². The molecule has 4 heteroatoms. The van der Waals surface area contributed by atoms with E-state index in [1.54, 1.807) is 72.8 Å². The first-order chi connectivity index (χ1) is 18.4. The highest BCUT2D eigenvalue weighted by molar-refractivity contribution is 6.49. The van der Waals surface area contributed by atoms with Crippen LogP contribution in [0.25, 0.3) is 11.1 Å². The van der Waals surface area contributed by atoms with Crippen molar-refractivity contribution in [1.82, 2.24) is 0 Å². The van der Waals surface area contributed by atoms with E-state index in [4.69, 9.17) is 0 Å².